The van der Waals surface area contributed by atoms with Crippen LogP contribution in [0.5, 0.6) is 5.75 Å². The van der Waals surface area contributed by atoms with Crippen LogP contribution in [0, 0.1) is 10.5 Å². The molecule has 0 atom stereocenters. The van der Waals surface area contributed by atoms with Gasteiger partial charge in [-0.1, -0.05) is 18.2 Å². The molecule has 6 heteroatoms. The maximum absolute atomic E-state index is 12.7. The van der Waals surface area contributed by atoms with Crippen LogP contribution in [-0.4, -0.2) is 18.0 Å². The molecule has 4 rings (SSSR count). The van der Waals surface area contributed by atoms with Crippen LogP contribution in [0.15, 0.2) is 65.1 Å². The first-order valence-corrected chi connectivity index (χ1v) is 9.74. The van der Waals surface area contributed by atoms with Crippen LogP contribution < -0.4 is 10.1 Å². The number of methoxy groups -OCH3 is 1. The molecule has 0 saturated heterocycles. The second kappa shape index (κ2) is 7.63. The van der Waals surface area contributed by atoms with Crippen LogP contribution in [-0.2, 0) is 0 Å². The predicted molar refractivity (Wildman–Crippen MR) is 118 cm³/mol. The van der Waals surface area contributed by atoms with Gasteiger partial charge in [0.05, 0.1) is 12.7 Å². The number of aromatic nitrogens is 1. The quantitative estimate of drug-likeness (QED) is 0.380. The Labute approximate surface area is 175 Å². The summed E-state index contributed by atoms with van der Waals surface area (Å²) in [5.74, 6) is 0.891. The van der Waals surface area contributed by atoms with E-state index >= 15 is 0 Å². The Morgan fingerprint density at radius 2 is 1.93 bits per heavy atom. The fourth-order valence-corrected chi connectivity index (χ4v) is 3.59. The molecule has 0 saturated carbocycles. The van der Waals surface area contributed by atoms with E-state index in [1.54, 1.807) is 25.3 Å². The number of carbonyl (C=O) groups is 1. The molecule has 1 aromatic heterocycles. The minimum atomic E-state index is -0.235. The van der Waals surface area contributed by atoms with E-state index in [1.165, 1.54) is 0 Å². The molecule has 0 unspecified atom stereocenters. The van der Waals surface area contributed by atoms with Crippen LogP contribution >= 0.6 is 22.6 Å². The number of rotatable bonds is 4. The Hall–Kier alpha value is -2.87. The Kier molecular flexibility index (Phi) is 5.04. The van der Waals surface area contributed by atoms with E-state index in [2.05, 4.69) is 32.9 Å². The normalized spacial score (nSPS) is 10.8. The number of aryl methyl sites for hydroxylation is 1. The summed E-state index contributed by atoms with van der Waals surface area (Å²) in [6.45, 7) is 1.91. The minimum Gasteiger partial charge on any atom is -0.496 e. The average Bonchev–Trinajstić information content (AvgIpc) is 3.11. The van der Waals surface area contributed by atoms with E-state index in [0.29, 0.717) is 34.0 Å². The number of para-hydroxylation sites is 1. The number of amides is 1. The van der Waals surface area contributed by atoms with E-state index in [1.807, 2.05) is 49.4 Å². The number of nitrogens with one attached hydrogen (secondary N) is 1. The fraction of sp³-hybridized carbons (Fsp3) is 0.0909. The predicted octanol–water partition coefficient (Wildman–Crippen LogP) is 5.67. The third kappa shape index (κ3) is 3.60. The lowest BCUT2D eigenvalue weighted by Crippen LogP contribution is -2.13. The van der Waals surface area contributed by atoms with Crippen molar-refractivity contribution in [2.45, 2.75) is 6.92 Å². The fourth-order valence-electron chi connectivity index (χ4n) is 3.05. The number of hydrogen-bond donors (Lipinski definition) is 1. The lowest BCUT2D eigenvalue weighted by atomic mass is 10.1. The van der Waals surface area contributed by atoms with Gasteiger partial charge in [0.1, 0.15) is 11.3 Å². The van der Waals surface area contributed by atoms with Gasteiger partial charge in [-0.3, -0.25) is 4.79 Å². The number of benzene rings is 3. The molecule has 1 amide bonds. The molecule has 0 fully saturated rings. The zero-order valence-electron chi connectivity index (χ0n) is 15.3. The highest BCUT2D eigenvalue weighted by atomic mass is 127. The molecule has 0 spiro atoms. The highest BCUT2D eigenvalue weighted by Gasteiger charge is 2.15. The largest absolute Gasteiger partial charge is 0.496 e. The summed E-state index contributed by atoms with van der Waals surface area (Å²) in [6.07, 6.45) is 0. The molecular weight excluding hydrogens is 467 g/mol. The molecule has 1 heterocycles. The van der Waals surface area contributed by atoms with Gasteiger partial charge in [0, 0.05) is 14.8 Å². The number of fused-ring (bicyclic) bond motifs is 1. The van der Waals surface area contributed by atoms with Crippen LogP contribution in [0.1, 0.15) is 15.9 Å². The van der Waals surface area contributed by atoms with E-state index in [4.69, 9.17) is 9.15 Å². The number of anilines is 1. The maximum Gasteiger partial charge on any atom is 0.259 e. The van der Waals surface area contributed by atoms with E-state index in [9.17, 15) is 4.79 Å². The highest BCUT2D eigenvalue weighted by Crippen LogP contribution is 2.28. The lowest BCUT2D eigenvalue weighted by Gasteiger charge is -2.11. The van der Waals surface area contributed by atoms with Crippen molar-refractivity contribution in [2.24, 2.45) is 0 Å². The summed E-state index contributed by atoms with van der Waals surface area (Å²) in [5, 5.41) is 2.91. The maximum atomic E-state index is 12.7. The van der Waals surface area contributed by atoms with Crippen molar-refractivity contribution in [1.29, 1.82) is 0 Å². The highest BCUT2D eigenvalue weighted by molar-refractivity contribution is 14.1. The number of oxazole rings is 1. The standard InChI is InChI=1S/C22H17IN2O3/c1-13-5-3-8-17(20(13)27-2)21(26)24-16-9-10-19-18(12-16)25-22(28-19)14-6-4-7-15(23)11-14/h3-12H,1-2H3,(H,24,26). The number of nitrogens with zero attached hydrogens (tertiary/aromatic N) is 1. The summed E-state index contributed by atoms with van der Waals surface area (Å²) < 4.78 is 12.3. The van der Waals surface area contributed by atoms with Crippen molar-refractivity contribution in [3.63, 3.8) is 0 Å². The third-order valence-electron chi connectivity index (χ3n) is 4.38. The van der Waals surface area contributed by atoms with Crippen molar-refractivity contribution in [3.8, 4) is 17.2 Å². The van der Waals surface area contributed by atoms with Gasteiger partial charge in [0.2, 0.25) is 5.89 Å². The Bertz CT molecular complexity index is 1180. The van der Waals surface area contributed by atoms with Crippen LogP contribution in [0.25, 0.3) is 22.6 Å². The number of halogens is 1. The summed E-state index contributed by atoms with van der Waals surface area (Å²) in [4.78, 5) is 17.3. The van der Waals surface area contributed by atoms with Gasteiger partial charge in [0.25, 0.3) is 5.91 Å². The molecular formula is C22H17IN2O3. The van der Waals surface area contributed by atoms with Crippen molar-refractivity contribution >= 4 is 45.3 Å². The van der Waals surface area contributed by atoms with Gasteiger partial charge >= 0.3 is 0 Å². The van der Waals surface area contributed by atoms with Crippen molar-refractivity contribution in [1.82, 2.24) is 4.98 Å². The van der Waals surface area contributed by atoms with Gasteiger partial charge in [-0.25, -0.2) is 4.98 Å². The zero-order valence-corrected chi connectivity index (χ0v) is 17.5. The summed E-state index contributed by atoms with van der Waals surface area (Å²) in [5.41, 5.74) is 4.30. The Morgan fingerprint density at radius 1 is 1.11 bits per heavy atom. The SMILES string of the molecule is COc1c(C)cccc1C(=O)Nc1ccc2oc(-c3cccc(I)c3)nc2c1. The van der Waals surface area contributed by atoms with E-state index in [-0.39, 0.29) is 5.91 Å². The molecule has 0 radical (unpaired) electrons. The molecule has 5 nitrogen and oxygen atoms in total. The zero-order chi connectivity index (χ0) is 19.7. The molecule has 140 valence electrons. The van der Waals surface area contributed by atoms with Gasteiger partial charge in [0.15, 0.2) is 5.58 Å². The molecule has 0 aliphatic carbocycles. The van der Waals surface area contributed by atoms with Crippen molar-refractivity contribution in [2.75, 3.05) is 12.4 Å². The van der Waals surface area contributed by atoms with Crippen molar-refractivity contribution in [3.05, 3.63) is 75.4 Å². The second-order valence-corrected chi connectivity index (χ2v) is 7.57. The number of carbonyl (C=O) groups excluding carboxylic acids is 1. The molecule has 0 aliphatic heterocycles. The van der Waals surface area contributed by atoms with Gasteiger partial charge in [-0.2, -0.15) is 0 Å². The lowest BCUT2D eigenvalue weighted by molar-refractivity contribution is 0.102. The molecule has 0 aliphatic rings. The molecule has 4 aromatic rings. The van der Waals surface area contributed by atoms with E-state index < -0.39 is 0 Å². The second-order valence-electron chi connectivity index (χ2n) is 6.32. The first kappa shape index (κ1) is 18.5. The molecule has 3 aromatic carbocycles. The summed E-state index contributed by atoms with van der Waals surface area (Å²) in [7, 11) is 1.56. The summed E-state index contributed by atoms with van der Waals surface area (Å²) in [6, 6.07) is 18.8. The van der Waals surface area contributed by atoms with Crippen LogP contribution in [0.3, 0.4) is 0 Å². The number of hydrogen-bond acceptors (Lipinski definition) is 4. The van der Waals surface area contributed by atoms with Crippen LogP contribution in [0.2, 0.25) is 0 Å². The average molecular weight is 484 g/mol. The number of ether oxygens (including phenoxy) is 1. The van der Waals surface area contributed by atoms with Gasteiger partial charge in [-0.05, 0) is 77.5 Å². The Morgan fingerprint density at radius 3 is 2.71 bits per heavy atom. The molecule has 28 heavy (non-hydrogen) atoms. The first-order valence-electron chi connectivity index (χ1n) is 8.66. The Balaban J connectivity index is 1.63. The van der Waals surface area contributed by atoms with Crippen molar-refractivity contribution < 1.29 is 13.9 Å². The van der Waals surface area contributed by atoms with Crippen LogP contribution in [0.4, 0.5) is 5.69 Å². The third-order valence-corrected chi connectivity index (χ3v) is 5.05. The van der Waals surface area contributed by atoms with Gasteiger partial charge in [-0.15, -0.1) is 0 Å². The topological polar surface area (TPSA) is 64.4 Å². The molecule has 0 bridgehead atoms. The minimum absolute atomic E-state index is 0.235. The van der Waals surface area contributed by atoms with E-state index in [0.717, 1.165) is 14.7 Å². The van der Waals surface area contributed by atoms with Gasteiger partial charge < -0.3 is 14.5 Å². The first-order chi connectivity index (χ1) is 13.5. The smallest absolute Gasteiger partial charge is 0.259 e. The monoisotopic (exact) mass is 484 g/mol. The summed E-state index contributed by atoms with van der Waals surface area (Å²) >= 11 is 2.26. The molecule has 1 N–H and O–H groups in total.